The molecule has 0 bridgehead atoms. The number of rotatable bonds is 5. The summed E-state index contributed by atoms with van der Waals surface area (Å²) >= 11 is 0. The van der Waals surface area contributed by atoms with Crippen LogP contribution >= 0.6 is 0 Å². The molecular formula is C13H17N3O2. The maximum Gasteiger partial charge on any atom is 0.110 e. The van der Waals surface area contributed by atoms with Crippen molar-refractivity contribution < 1.29 is 10.2 Å². The van der Waals surface area contributed by atoms with Crippen molar-refractivity contribution in [1.29, 1.82) is 0 Å². The van der Waals surface area contributed by atoms with Crippen molar-refractivity contribution in [2.24, 2.45) is 5.92 Å². The van der Waals surface area contributed by atoms with Crippen LogP contribution in [0.2, 0.25) is 0 Å². The first-order valence-corrected chi connectivity index (χ1v) is 5.93. The van der Waals surface area contributed by atoms with E-state index in [1.807, 2.05) is 24.3 Å². The molecule has 5 heteroatoms. The van der Waals surface area contributed by atoms with Crippen molar-refractivity contribution in [2.45, 2.75) is 19.7 Å². The fourth-order valence-corrected chi connectivity index (χ4v) is 1.61. The second-order valence-corrected chi connectivity index (χ2v) is 4.33. The summed E-state index contributed by atoms with van der Waals surface area (Å²) in [5.74, 6) is -0.202. The van der Waals surface area contributed by atoms with Crippen LogP contribution in [0.5, 0.6) is 0 Å². The number of aliphatic hydroxyl groups excluding tert-OH is 2. The van der Waals surface area contributed by atoms with Gasteiger partial charge in [0.2, 0.25) is 0 Å². The Morgan fingerprint density at radius 2 is 2.11 bits per heavy atom. The Kier molecular flexibility index (Phi) is 4.19. The van der Waals surface area contributed by atoms with E-state index in [4.69, 9.17) is 5.11 Å². The Hall–Kier alpha value is -1.56. The molecule has 0 aromatic carbocycles. The van der Waals surface area contributed by atoms with Gasteiger partial charge in [-0.1, -0.05) is 6.92 Å². The molecule has 0 aliphatic carbocycles. The van der Waals surface area contributed by atoms with E-state index in [2.05, 4.69) is 15.3 Å². The van der Waals surface area contributed by atoms with Crippen LogP contribution in [-0.4, -0.2) is 33.0 Å². The number of fused-ring (bicyclic) bond motifs is 1. The molecule has 2 atom stereocenters. The predicted octanol–water partition coefficient (Wildman–Crippen LogP) is 0.666. The van der Waals surface area contributed by atoms with E-state index in [9.17, 15) is 5.11 Å². The van der Waals surface area contributed by atoms with Gasteiger partial charge in [-0.25, -0.2) is 4.98 Å². The van der Waals surface area contributed by atoms with E-state index < -0.39 is 6.23 Å². The average Bonchev–Trinajstić information content (AvgIpc) is 2.43. The lowest BCUT2D eigenvalue weighted by Crippen LogP contribution is -2.36. The Labute approximate surface area is 106 Å². The lowest BCUT2D eigenvalue weighted by atomic mass is 10.1. The molecule has 2 rings (SSSR count). The minimum absolute atomic E-state index is 0.0523. The Balaban J connectivity index is 2.04. The number of hydrogen-bond donors (Lipinski definition) is 3. The van der Waals surface area contributed by atoms with Gasteiger partial charge >= 0.3 is 0 Å². The number of nitrogens with zero attached hydrogens (tertiary/aromatic N) is 2. The third kappa shape index (κ3) is 3.01. The first-order valence-electron chi connectivity index (χ1n) is 5.93. The summed E-state index contributed by atoms with van der Waals surface area (Å²) < 4.78 is 0. The van der Waals surface area contributed by atoms with Gasteiger partial charge in [0.05, 0.1) is 16.7 Å². The van der Waals surface area contributed by atoms with Crippen molar-refractivity contribution in [3.05, 3.63) is 36.2 Å². The fourth-order valence-electron chi connectivity index (χ4n) is 1.61. The molecule has 18 heavy (non-hydrogen) atoms. The van der Waals surface area contributed by atoms with E-state index in [-0.39, 0.29) is 12.5 Å². The zero-order chi connectivity index (χ0) is 13.0. The van der Waals surface area contributed by atoms with Gasteiger partial charge in [0.1, 0.15) is 6.23 Å². The van der Waals surface area contributed by atoms with Crippen LogP contribution in [0.3, 0.4) is 0 Å². The number of hydrogen-bond acceptors (Lipinski definition) is 5. The normalized spacial score (nSPS) is 14.6. The minimum Gasteiger partial charge on any atom is -0.396 e. The summed E-state index contributed by atoms with van der Waals surface area (Å²) in [6, 6.07) is 7.52. The van der Waals surface area contributed by atoms with Crippen LogP contribution in [0.1, 0.15) is 12.6 Å². The van der Waals surface area contributed by atoms with Crippen LogP contribution in [0.4, 0.5) is 0 Å². The molecule has 0 saturated carbocycles. The molecule has 0 aliphatic rings. The van der Waals surface area contributed by atoms with Crippen molar-refractivity contribution in [3.8, 4) is 0 Å². The first kappa shape index (κ1) is 12.9. The molecule has 0 fully saturated rings. The van der Waals surface area contributed by atoms with Crippen LogP contribution < -0.4 is 5.32 Å². The molecule has 3 N–H and O–H groups in total. The van der Waals surface area contributed by atoms with Gasteiger partial charge < -0.3 is 10.2 Å². The average molecular weight is 247 g/mol. The SMILES string of the molecule is CC(CO)C(O)NCc1ccc2ncccc2n1. The summed E-state index contributed by atoms with van der Waals surface area (Å²) in [6.45, 7) is 2.18. The summed E-state index contributed by atoms with van der Waals surface area (Å²) in [5, 5.41) is 21.5. The van der Waals surface area contributed by atoms with E-state index in [0.29, 0.717) is 6.54 Å². The molecule has 96 valence electrons. The Bertz CT molecular complexity index is 518. The molecule has 0 amide bonds. The van der Waals surface area contributed by atoms with Crippen LogP contribution in [0.25, 0.3) is 11.0 Å². The van der Waals surface area contributed by atoms with Gasteiger partial charge in [-0.05, 0) is 24.3 Å². The second kappa shape index (κ2) is 5.86. The Morgan fingerprint density at radius 1 is 1.28 bits per heavy atom. The predicted molar refractivity (Wildman–Crippen MR) is 68.6 cm³/mol. The van der Waals surface area contributed by atoms with Crippen LogP contribution in [-0.2, 0) is 6.54 Å². The van der Waals surface area contributed by atoms with Gasteiger partial charge in [0.25, 0.3) is 0 Å². The molecular weight excluding hydrogens is 230 g/mol. The maximum absolute atomic E-state index is 9.68. The third-order valence-electron chi connectivity index (χ3n) is 2.83. The Morgan fingerprint density at radius 3 is 2.89 bits per heavy atom. The zero-order valence-corrected chi connectivity index (χ0v) is 10.2. The molecule has 2 heterocycles. The molecule has 0 spiro atoms. The quantitative estimate of drug-likeness (QED) is 0.677. The van der Waals surface area contributed by atoms with Gasteiger partial charge in [-0.3, -0.25) is 10.3 Å². The van der Waals surface area contributed by atoms with Gasteiger partial charge in [-0.2, -0.15) is 0 Å². The summed E-state index contributed by atoms with van der Waals surface area (Å²) in [7, 11) is 0. The smallest absolute Gasteiger partial charge is 0.110 e. The van der Waals surface area contributed by atoms with Gasteiger partial charge in [0.15, 0.2) is 0 Å². The zero-order valence-electron chi connectivity index (χ0n) is 10.2. The van der Waals surface area contributed by atoms with Crippen LogP contribution in [0, 0.1) is 5.92 Å². The second-order valence-electron chi connectivity index (χ2n) is 4.33. The van der Waals surface area contributed by atoms with Crippen LogP contribution in [0.15, 0.2) is 30.5 Å². The highest BCUT2D eigenvalue weighted by molar-refractivity contribution is 5.73. The molecule has 5 nitrogen and oxygen atoms in total. The molecule has 0 radical (unpaired) electrons. The van der Waals surface area contributed by atoms with Gasteiger partial charge in [0, 0.05) is 25.3 Å². The van der Waals surface area contributed by atoms with Crippen molar-refractivity contribution >= 4 is 11.0 Å². The van der Waals surface area contributed by atoms with E-state index in [0.717, 1.165) is 16.7 Å². The lowest BCUT2D eigenvalue weighted by molar-refractivity contribution is 0.0492. The third-order valence-corrected chi connectivity index (χ3v) is 2.83. The van der Waals surface area contributed by atoms with Gasteiger partial charge in [-0.15, -0.1) is 0 Å². The number of aromatic nitrogens is 2. The number of pyridine rings is 2. The summed E-state index contributed by atoms with van der Waals surface area (Å²) in [5.41, 5.74) is 2.52. The summed E-state index contributed by atoms with van der Waals surface area (Å²) in [4.78, 5) is 8.63. The fraction of sp³-hybridized carbons (Fsp3) is 0.385. The van der Waals surface area contributed by atoms with Crippen molar-refractivity contribution in [3.63, 3.8) is 0 Å². The standard InChI is InChI=1S/C13H17N3O2/c1-9(8-17)13(18)15-7-10-4-5-11-12(16-10)3-2-6-14-11/h2-6,9,13,15,17-18H,7-8H2,1H3. The largest absolute Gasteiger partial charge is 0.396 e. The van der Waals surface area contributed by atoms with E-state index >= 15 is 0 Å². The topological polar surface area (TPSA) is 78.3 Å². The highest BCUT2D eigenvalue weighted by atomic mass is 16.3. The number of nitrogens with one attached hydrogen (secondary N) is 1. The molecule has 2 aromatic heterocycles. The summed E-state index contributed by atoms with van der Waals surface area (Å²) in [6.07, 6.45) is 0.996. The van der Waals surface area contributed by atoms with E-state index in [1.165, 1.54) is 0 Å². The van der Waals surface area contributed by atoms with E-state index in [1.54, 1.807) is 13.1 Å². The maximum atomic E-state index is 9.68. The highest BCUT2D eigenvalue weighted by Gasteiger charge is 2.12. The van der Waals surface area contributed by atoms with Crippen molar-refractivity contribution in [2.75, 3.05) is 6.61 Å². The molecule has 2 aromatic rings. The minimum atomic E-state index is -0.735. The van der Waals surface area contributed by atoms with Crippen molar-refractivity contribution in [1.82, 2.24) is 15.3 Å². The lowest BCUT2D eigenvalue weighted by Gasteiger charge is -2.17. The molecule has 2 unspecified atom stereocenters. The number of aliphatic hydroxyl groups is 2. The monoisotopic (exact) mass is 247 g/mol. The molecule has 0 saturated heterocycles. The first-order chi connectivity index (χ1) is 8.70. The highest BCUT2D eigenvalue weighted by Crippen LogP contribution is 2.09. The molecule has 0 aliphatic heterocycles.